The van der Waals surface area contributed by atoms with Gasteiger partial charge in [0.05, 0.1) is 6.61 Å². The Morgan fingerprint density at radius 1 is 1.25 bits per heavy atom. The molecule has 0 atom stereocenters. The molecule has 0 unspecified atom stereocenters. The fourth-order valence-corrected chi connectivity index (χ4v) is 4.88. The molecule has 0 aliphatic carbocycles. The van der Waals surface area contributed by atoms with Crippen LogP contribution in [0, 0.1) is 0 Å². The standard InChI is InChI=1S/C17H23ClN4O4S2/c1-5-6-11-26-13-9-7-12(8-10-13)19-16(23)22(4)17-20-14(18)15(27-17)28(24,25)21(2)3/h7-10H,5-6,11H2,1-4H3,(H,19,23). The third-order valence-electron chi connectivity index (χ3n) is 3.73. The molecule has 2 rings (SSSR count). The lowest BCUT2D eigenvalue weighted by atomic mass is 10.3. The van der Waals surface area contributed by atoms with Crippen molar-refractivity contribution in [1.82, 2.24) is 9.29 Å². The van der Waals surface area contributed by atoms with Crippen LogP contribution >= 0.6 is 22.9 Å². The highest BCUT2D eigenvalue weighted by molar-refractivity contribution is 7.91. The SMILES string of the molecule is CCCCOc1ccc(NC(=O)N(C)c2nc(Cl)c(S(=O)(=O)N(C)C)s2)cc1. The highest BCUT2D eigenvalue weighted by Gasteiger charge is 2.27. The largest absolute Gasteiger partial charge is 0.494 e. The molecule has 1 aromatic carbocycles. The number of hydrogen-bond donors (Lipinski definition) is 1. The first-order valence-corrected chi connectivity index (χ1v) is 11.2. The predicted molar refractivity (Wildman–Crippen MR) is 112 cm³/mol. The first-order chi connectivity index (χ1) is 13.2. The molecular formula is C17H23ClN4O4S2. The number of nitrogens with zero attached hydrogens (tertiary/aromatic N) is 3. The second-order valence-corrected chi connectivity index (χ2v) is 9.76. The molecule has 0 bridgehead atoms. The summed E-state index contributed by atoms with van der Waals surface area (Å²) in [6.45, 7) is 2.74. The second kappa shape index (κ2) is 9.55. The third-order valence-corrected chi connectivity index (χ3v) is 7.65. The van der Waals surface area contributed by atoms with Gasteiger partial charge in [-0.05, 0) is 30.7 Å². The number of anilines is 2. The van der Waals surface area contributed by atoms with Crippen molar-refractivity contribution in [2.24, 2.45) is 0 Å². The van der Waals surface area contributed by atoms with Crippen LogP contribution in [0.15, 0.2) is 28.5 Å². The minimum atomic E-state index is -3.73. The Bertz CT molecular complexity index is 914. The molecule has 0 saturated heterocycles. The second-order valence-electron chi connectivity index (χ2n) is 6.08. The van der Waals surface area contributed by atoms with Crippen LogP contribution in [-0.2, 0) is 10.0 Å². The highest BCUT2D eigenvalue weighted by atomic mass is 35.5. The average molecular weight is 447 g/mol. The minimum absolute atomic E-state index is 0.109. The lowest BCUT2D eigenvalue weighted by Gasteiger charge is -2.15. The number of hydrogen-bond acceptors (Lipinski definition) is 6. The molecule has 2 amide bonds. The highest BCUT2D eigenvalue weighted by Crippen LogP contribution is 2.34. The van der Waals surface area contributed by atoms with Crippen molar-refractivity contribution in [1.29, 1.82) is 0 Å². The van der Waals surface area contributed by atoms with E-state index in [4.69, 9.17) is 16.3 Å². The number of unbranched alkanes of at least 4 members (excludes halogenated alkanes) is 1. The van der Waals surface area contributed by atoms with Crippen LogP contribution in [0.2, 0.25) is 5.15 Å². The molecular weight excluding hydrogens is 424 g/mol. The summed E-state index contributed by atoms with van der Waals surface area (Å²) in [4.78, 5) is 17.7. The maximum atomic E-state index is 12.5. The molecule has 28 heavy (non-hydrogen) atoms. The maximum absolute atomic E-state index is 12.5. The number of nitrogens with one attached hydrogen (secondary N) is 1. The van der Waals surface area contributed by atoms with Gasteiger partial charge >= 0.3 is 6.03 Å². The zero-order valence-corrected chi connectivity index (χ0v) is 18.5. The number of carbonyl (C=O) groups is 1. The maximum Gasteiger partial charge on any atom is 0.327 e. The van der Waals surface area contributed by atoms with Crippen molar-refractivity contribution in [3.05, 3.63) is 29.4 Å². The van der Waals surface area contributed by atoms with Crippen molar-refractivity contribution >= 4 is 49.8 Å². The van der Waals surface area contributed by atoms with Gasteiger partial charge in [0.1, 0.15) is 5.75 Å². The molecule has 1 N–H and O–H groups in total. The topological polar surface area (TPSA) is 91.8 Å². The van der Waals surface area contributed by atoms with Gasteiger partial charge in [0.15, 0.2) is 14.5 Å². The summed E-state index contributed by atoms with van der Waals surface area (Å²) in [5, 5.41) is 2.72. The van der Waals surface area contributed by atoms with Crippen molar-refractivity contribution < 1.29 is 17.9 Å². The van der Waals surface area contributed by atoms with Crippen LogP contribution in [0.3, 0.4) is 0 Å². The van der Waals surface area contributed by atoms with Gasteiger partial charge < -0.3 is 10.1 Å². The summed E-state index contributed by atoms with van der Waals surface area (Å²) >= 11 is 6.80. The molecule has 154 valence electrons. The molecule has 1 heterocycles. The number of sulfonamides is 1. The first kappa shape index (κ1) is 22.4. The average Bonchev–Trinajstić information content (AvgIpc) is 3.05. The first-order valence-electron chi connectivity index (χ1n) is 8.53. The summed E-state index contributed by atoms with van der Waals surface area (Å²) < 4.78 is 31.0. The summed E-state index contributed by atoms with van der Waals surface area (Å²) in [6, 6.07) is 6.52. The van der Waals surface area contributed by atoms with Gasteiger partial charge in [-0.3, -0.25) is 4.90 Å². The molecule has 0 fully saturated rings. The number of benzene rings is 1. The summed E-state index contributed by atoms with van der Waals surface area (Å²) in [6.07, 6.45) is 2.03. The Labute approximate surface area is 174 Å². The van der Waals surface area contributed by atoms with Gasteiger partial charge in [-0.2, -0.15) is 0 Å². The van der Waals surface area contributed by atoms with Crippen molar-refractivity contribution in [2.75, 3.05) is 38.0 Å². The number of amides is 2. The van der Waals surface area contributed by atoms with E-state index >= 15 is 0 Å². The fraction of sp³-hybridized carbons (Fsp3) is 0.412. The Morgan fingerprint density at radius 3 is 2.46 bits per heavy atom. The van der Waals surface area contributed by atoms with E-state index in [0.717, 1.165) is 34.2 Å². The van der Waals surface area contributed by atoms with Crippen LogP contribution in [0.25, 0.3) is 0 Å². The minimum Gasteiger partial charge on any atom is -0.494 e. The smallest absolute Gasteiger partial charge is 0.327 e. The molecule has 0 radical (unpaired) electrons. The quantitative estimate of drug-likeness (QED) is 0.621. The van der Waals surface area contributed by atoms with Crippen molar-refractivity contribution in [3.63, 3.8) is 0 Å². The van der Waals surface area contributed by atoms with Crippen LogP contribution in [0.5, 0.6) is 5.75 Å². The summed E-state index contributed by atoms with van der Waals surface area (Å²) in [5.41, 5.74) is 0.573. The van der Waals surface area contributed by atoms with Gasteiger partial charge in [-0.25, -0.2) is 22.5 Å². The van der Waals surface area contributed by atoms with Gasteiger partial charge in [0.2, 0.25) is 0 Å². The van der Waals surface area contributed by atoms with Crippen molar-refractivity contribution in [2.45, 2.75) is 24.0 Å². The summed E-state index contributed by atoms with van der Waals surface area (Å²) in [5.74, 6) is 0.727. The lowest BCUT2D eigenvalue weighted by molar-refractivity contribution is 0.258. The molecule has 11 heteroatoms. The zero-order chi connectivity index (χ0) is 20.9. The zero-order valence-electron chi connectivity index (χ0n) is 16.1. The van der Waals surface area contributed by atoms with Gasteiger partial charge in [0, 0.05) is 26.8 Å². The normalized spacial score (nSPS) is 11.5. The van der Waals surface area contributed by atoms with E-state index in [9.17, 15) is 13.2 Å². The lowest BCUT2D eigenvalue weighted by Crippen LogP contribution is -2.31. The van der Waals surface area contributed by atoms with E-state index in [1.165, 1.54) is 26.0 Å². The van der Waals surface area contributed by atoms with Crippen LogP contribution in [0.1, 0.15) is 19.8 Å². The Hall–Kier alpha value is -1.88. The molecule has 0 saturated carbocycles. The number of rotatable bonds is 8. The predicted octanol–water partition coefficient (Wildman–Crippen LogP) is 3.89. The number of thiazole rings is 1. The van der Waals surface area contributed by atoms with Gasteiger partial charge in [-0.1, -0.05) is 36.3 Å². The Morgan fingerprint density at radius 2 is 1.89 bits per heavy atom. The van der Waals surface area contributed by atoms with Crippen molar-refractivity contribution in [3.8, 4) is 5.75 Å². The number of carbonyl (C=O) groups excluding carboxylic acids is 1. The van der Waals surface area contributed by atoms with Crippen LogP contribution < -0.4 is 15.0 Å². The van der Waals surface area contributed by atoms with Crippen LogP contribution in [-0.4, -0.2) is 51.5 Å². The Kier molecular flexibility index (Phi) is 7.64. The summed E-state index contributed by atoms with van der Waals surface area (Å²) in [7, 11) is 0.550. The Balaban J connectivity index is 2.07. The molecule has 1 aromatic heterocycles. The molecule has 0 aliphatic heterocycles. The van der Waals surface area contributed by atoms with E-state index in [1.54, 1.807) is 24.3 Å². The number of ether oxygens (including phenoxy) is 1. The van der Waals surface area contributed by atoms with Crippen LogP contribution in [0.4, 0.5) is 15.6 Å². The fourth-order valence-electron chi connectivity index (χ4n) is 2.01. The van der Waals surface area contributed by atoms with E-state index < -0.39 is 16.1 Å². The monoisotopic (exact) mass is 446 g/mol. The van der Waals surface area contributed by atoms with E-state index in [1.807, 2.05) is 0 Å². The van der Waals surface area contributed by atoms with Gasteiger partial charge in [-0.15, -0.1) is 0 Å². The molecule has 0 aliphatic rings. The van der Waals surface area contributed by atoms with E-state index in [-0.39, 0.29) is 14.5 Å². The number of urea groups is 1. The molecule has 0 spiro atoms. The van der Waals surface area contributed by atoms with Gasteiger partial charge in [0.25, 0.3) is 10.0 Å². The van der Waals surface area contributed by atoms with E-state index in [0.29, 0.717) is 12.3 Å². The molecule has 8 nitrogen and oxygen atoms in total. The molecule has 2 aromatic rings. The number of halogens is 1. The number of aromatic nitrogens is 1. The third kappa shape index (κ3) is 5.34. The van der Waals surface area contributed by atoms with E-state index in [2.05, 4.69) is 17.2 Å².